The maximum absolute atomic E-state index is 13.3. The molecule has 2 aromatic rings. The van der Waals surface area contributed by atoms with Crippen LogP contribution in [-0.4, -0.2) is 36.4 Å². The Morgan fingerprint density at radius 1 is 1.22 bits per heavy atom. The minimum atomic E-state index is -0.724. The topological polar surface area (TPSA) is 87.7 Å². The molecule has 2 N–H and O–H groups in total. The lowest BCUT2D eigenvalue weighted by molar-refractivity contribution is -0.127. The number of carbonyl (C=O) groups excluding carboxylic acids is 3. The Hall–Kier alpha value is -3.68. The Morgan fingerprint density at radius 2 is 2.00 bits per heavy atom. The van der Waals surface area contributed by atoms with Crippen molar-refractivity contribution in [1.29, 1.82) is 0 Å². The van der Waals surface area contributed by atoms with Gasteiger partial charge in [0, 0.05) is 0 Å². The average molecular weight is 369 g/mol. The maximum atomic E-state index is 13.3. The first-order valence-corrected chi connectivity index (χ1v) is 8.01. The fraction of sp³-hybridized carbons (Fsp3) is 0.105. The van der Waals surface area contributed by atoms with Crippen LogP contribution >= 0.6 is 0 Å². The largest absolute Gasteiger partial charge is 0.495 e. The molecular weight excluding hydrogens is 353 g/mol. The third kappa shape index (κ3) is 4.12. The normalized spacial score (nSPS) is 15.0. The molecule has 1 fully saturated rings. The minimum absolute atomic E-state index is 0.0318. The van der Waals surface area contributed by atoms with Crippen molar-refractivity contribution in [3.63, 3.8) is 0 Å². The number of hydrogen-bond acceptors (Lipinski definition) is 4. The molecule has 0 aliphatic carbocycles. The highest BCUT2D eigenvalue weighted by Crippen LogP contribution is 2.23. The van der Waals surface area contributed by atoms with E-state index in [9.17, 15) is 18.8 Å². The van der Waals surface area contributed by atoms with Gasteiger partial charge in [-0.2, -0.15) is 0 Å². The summed E-state index contributed by atoms with van der Waals surface area (Å²) in [5, 5.41) is 4.98. The maximum Gasteiger partial charge on any atom is 0.329 e. The number of rotatable bonds is 5. The fourth-order valence-corrected chi connectivity index (χ4v) is 2.56. The Balaban J connectivity index is 1.71. The van der Waals surface area contributed by atoms with Gasteiger partial charge in [0.25, 0.3) is 5.91 Å². The second-order valence-corrected chi connectivity index (χ2v) is 5.68. The zero-order valence-corrected chi connectivity index (χ0v) is 14.4. The summed E-state index contributed by atoms with van der Waals surface area (Å²) in [6.07, 6.45) is 1.35. The van der Waals surface area contributed by atoms with Crippen LogP contribution in [0.2, 0.25) is 0 Å². The molecule has 0 saturated carbocycles. The monoisotopic (exact) mass is 369 g/mol. The number of amides is 4. The van der Waals surface area contributed by atoms with Gasteiger partial charge in [-0.25, -0.2) is 14.1 Å². The van der Waals surface area contributed by atoms with Crippen molar-refractivity contribution in [2.75, 3.05) is 19.0 Å². The molecule has 0 aromatic heterocycles. The zero-order chi connectivity index (χ0) is 19.4. The third-order valence-electron chi connectivity index (χ3n) is 3.80. The molecule has 1 heterocycles. The Bertz CT molecular complexity index is 942. The van der Waals surface area contributed by atoms with E-state index in [1.807, 2.05) is 0 Å². The molecule has 27 heavy (non-hydrogen) atoms. The quantitative estimate of drug-likeness (QED) is 0.626. The predicted molar refractivity (Wildman–Crippen MR) is 96.2 cm³/mol. The van der Waals surface area contributed by atoms with Crippen molar-refractivity contribution in [2.45, 2.75) is 0 Å². The Morgan fingerprint density at radius 3 is 2.74 bits per heavy atom. The summed E-state index contributed by atoms with van der Waals surface area (Å²) in [5.41, 5.74) is 0.808. The summed E-state index contributed by atoms with van der Waals surface area (Å²) in [7, 11) is 1.46. The summed E-state index contributed by atoms with van der Waals surface area (Å²) in [6, 6.07) is 11.6. The molecule has 3 rings (SSSR count). The number of urea groups is 1. The van der Waals surface area contributed by atoms with E-state index in [-0.39, 0.29) is 5.70 Å². The summed E-state index contributed by atoms with van der Waals surface area (Å²) in [5.74, 6) is -1.24. The van der Waals surface area contributed by atoms with Gasteiger partial charge in [-0.15, -0.1) is 0 Å². The van der Waals surface area contributed by atoms with Gasteiger partial charge in [-0.05, 0) is 35.9 Å². The van der Waals surface area contributed by atoms with Crippen LogP contribution in [0.5, 0.6) is 5.75 Å². The minimum Gasteiger partial charge on any atom is -0.495 e. The number of nitrogens with one attached hydrogen (secondary N) is 2. The van der Waals surface area contributed by atoms with Gasteiger partial charge >= 0.3 is 6.03 Å². The number of benzene rings is 2. The van der Waals surface area contributed by atoms with E-state index in [4.69, 9.17) is 4.74 Å². The van der Waals surface area contributed by atoms with E-state index < -0.39 is 30.2 Å². The molecule has 1 aliphatic rings. The number of para-hydroxylation sites is 2. The summed E-state index contributed by atoms with van der Waals surface area (Å²) >= 11 is 0. The van der Waals surface area contributed by atoms with Crippen LogP contribution in [-0.2, 0) is 9.59 Å². The number of nitrogens with zero attached hydrogens (tertiary/aromatic N) is 1. The summed E-state index contributed by atoms with van der Waals surface area (Å²) in [4.78, 5) is 37.4. The first-order chi connectivity index (χ1) is 13.0. The standard InChI is InChI=1S/C19H16FN3O4/c1-27-16-8-3-2-7-14(16)21-17(24)11-23-18(25)15(22-19(23)26)10-12-5-4-6-13(20)9-12/h2-10H,11H2,1H3,(H,21,24)(H,22,26)/b15-10+. The van der Waals surface area contributed by atoms with Crippen LogP contribution in [0.25, 0.3) is 6.08 Å². The van der Waals surface area contributed by atoms with Crippen LogP contribution in [0.1, 0.15) is 5.56 Å². The number of ether oxygens (including phenoxy) is 1. The molecule has 0 radical (unpaired) electrons. The highest BCUT2D eigenvalue weighted by molar-refractivity contribution is 6.16. The lowest BCUT2D eigenvalue weighted by atomic mass is 10.2. The summed E-state index contributed by atoms with van der Waals surface area (Å²) < 4.78 is 18.4. The van der Waals surface area contributed by atoms with Gasteiger partial charge in [-0.3, -0.25) is 9.59 Å². The van der Waals surface area contributed by atoms with Gasteiger partial charge in [0.2, 0.25) is 5.91 Å². The van der Waals surface area contributed by atoms with Gasteiger partial charge in [-0.1, -0.05) is 24.3 Å². The third-order valence-corrected chi connectivity index (χ3v) is 3.80. The molecule has 2 aromatic carbocycles. The second kappa shape index (κ2) is 7.69. The molecule has 1 saturated heterocycles. The van der Waals surface area contributed by atoms with Crippen LogP contribution in [0.15, 0.2) is 54.2 Å². The number of imide groups is 1. The molecule has 7 nitrogen and oxygen atoms in total. The Labute approximate surface area is 154 Å². The lowest BCUT2D eigenvalue weighted by Gasteiger charge is -2.13. The van der Waals surface area contributed by atoms with Crippen molar-refractivity contribution >= 4 is 29.6 Å². The predicted octanol–water partition coefficient (Wildman–Crippen LogP) is 2.37. The van der Waals surface area contributed by atoms with Crippen molar-refractivity contribution < 1.29 is 23.5 Å². The van der Waals surface area contributed by atoms with E-state index >= 15 is 0 Å². The molecule has 0 atom stereocenters. The van der Waals surface area contributed by atoms with E-state index in [2.05, 4.69) is 10.6 Å². The van der Waals surface area contributed by atoms with E-state index in [0.29, 0.717) is 17.0 Å². The van der Waals surface area contributed by atoms with Crippen molar-refractivity contribution in [1.82, 2.24) is 10.2 Å². The number of anilines is 1. The number of methoxy groups -OCH3 is 1. The smallest absolute Gasteiger partial charge is 0.329 e. The molecule has 0 spiro atoms. The van der Waals surface area contributed by atoms with Crippen LogP contribution in [0, 0.1) is 5.82 Å². The van der Waals surface area contributed by atoms with Crippen molar-refractivity contribution in [3.05, 3.63) is 65.6 Å². The molecular formula is C19H16FN3O4. The lowest BCUT2D eigenvalue weighted by Crippen LogP contribution is -2.38. The molecule has 8 heteroatoms. The van der Waals surface area contributed by atoms with Crippen molar-refractivity contribution in [3.8, 4) is 5.75 Å². The van der Waals surface area contributed by atoms with E-state index in [1.165, 1.54) is 31.4 Å². The molecule has 138 valence electrons. The molecule has 1 aliphatic heterocycles. The van der Waals surface area contributed by atoms with E-state index in [1.54, 1.807) is 30.3 Å². The molecule has 4 amide bonds. The number of hydrogen-bond donors (Lipinski definition) is 2. The molecule has 0 unspecified atom stereocenters. The number of halogens is 1. The van der Waals surface area contributed by atoms with Crippen LogP contribution in [0.3, 0.4) is 0 Å². The zero-order valence-electron chi connectivity index (χ0n) is 14.4. The number of carbonyl (C=O) groups is 3. The highest BCUT2D eigenvalue weighted by atomic mass is 19.1. The average Bonchev–Trinajstić information content (AvgIpc) is 2.89. The first kappa shape index (κ1) is 18.1. The van der Waals surface area contributed by atoms with Gasteiger partial charge in [0.05, 0.1) is 12.8 Å². The molecule has 0 bridgehead atoms. The van der Waals surface area contributed by atoms with Gasteiger partial charge in [0.15, 0.2) is 0 Å². The van der Waals surface area contributed by atoms with Gasteiger partial charge in [0.1, 0.15) is 23.8 Å². The SMILES string of the molecule is COc1ccccc1NC(=O)CN1C(=O)N/C(=C/c2cccc(F)c2)C1=O. The van der Waals surface area contributed by atoms with Crippen LogP contribution < -0.4 is 15.4 Å². The summed E-state index contributed by atoms with van der Waals surface area (Å²) in [6.45, 7) is -0.469. The highest BCUT2D eigenvalue weighted by Gasteiger charge is 2.35. The first-order valence-electron chi connectivity index (χ1n) is 8.01. The van der Waals surface area contributed by atoms with Gasteiger partial charge < -0.3 is 15.4 Å². The van der Waals surface area contributed by atoms with Crippen LogP contribution in [0.4, 0.5) is 14.9 Å². The fourth-order valence-electron chi connectivity index (χ4n) is 2.56. The Kier molecular flexibility index (Phi) is 5.16. The van der Waals surface area contributed by atoms with E-state index in [0.717, 1.165) is 4.90 Å². The van der Waals surface area contributed by atoms with Crippen molar-refractivity contribution in [2.24, 2.45) is 0 Å². The second-order valence-electron chi connectivity index (χ2n) is 5.68.